The predicted molar refractivity (Wildman–Crippen MR) is 73.2 cm³/mol. The largest absolute Gasteiger partial charge is 0.192 e. The smallest absolute Gasteiger partial charge is 0.0998 e. The Morgan fingerprint density at radius 1 is 0.611 bits per heavy atom. The number of benzene rings is 1. The first-order valence-corrected chi connectivity index (χ1v) is 5.87. The molecule has 0 saturated carbocycles. The number of hydrogen-bond donors (Lipinski definition) is 0. The van der Waals surface area contributed by atoms with Crippen molar-refractivity contribution in [3.63, 3.8) is 0 Å². The number of rotatable bonds is 1. The number of nitrogens with zero attached hydrogens (tertiary/aromatic N) is 1. The first-order chi connectivity index (χ1) is 8.90. The van der Waals surface area contributed by atoms with Crippen LogP contribution in [0.4, 0.5) is 0 Å². The summed E-state index contributed by atoms with van der Waals surface area (Å²) in [5.74, 6) is 0. The molecule has 2 aliphatic rings. The molecule has 84 valence electrons. The first kappa shape index (κ1) is 10.6. The van der Waals surface area contributed by atoms with Gasteiger partial charge in [-0.25, -0.2) is 0 Å². The highest BCUT2D eigenvalue weighted by Gasteiger charge is 2.12. The van der Waals surface area contributed by atoms with Crippen LogP contribution in [0, 0.1) is 11.3 Å². The van der Waals surface area contributed by atoms with Gasteiger partial charge in [-0.1, -0.05) is 60.7 Å². The van der Waals surface area contributed by atoms with Gasteiger partial charge in [-0.15, -0.1) is 0 Å². The lowest BCUT2D eigenvalue weighted by atomic mass is 10.0. The zero-order valence-electron chi connectivity index (χ0n) is 9.80. The molecule has 0 radical (unpaired) electrons. The highest BCUT2D eigenvalue weighted by Crippen LogP contribution is 2.36. The third-order valence-electron chi connectivity index (χ3n) is 3.13. The van der Waals surface area contributed by atoms with Crippen LogP contribution in [0.15, 0.2) is 66.7 Å². The first-order valence-electron chi connectivity index (χ1n) is 5.87. The third kappa shape index (κ3) is 1.65. The Kier molecular flexibility index (Phi) is 2.55. The summed E-state index contributed by atoms with van der Waals surface area (Å²) in [4.78, 5) is 0. The highest BCUT2D eigenvalue weighted by molar-refractivity contribution is 5.88. The molecule has 0 heterocycles. The SMILES string of the molecule is N#Cc1ccccc2c(-c3ccccc3)ccc1-2. The van der Waals surface area contributed by atoms with Gasteiger partial charge in [0.2, 0.25) is 0 Å². The minimum Gasteiger partial charge on any atom is -0.192 e. The van der Waals surface area contributed by atoms with E-state index in [1.54, 1.807) is 0 Å². The molecule has 0 spiro atoms. The maximum atomic E-state index is 9.18. The van der Waals surface area contributed by atoms with E-state index in [4.69, 9.17) is 0 Å². The van der Waals surface area contributed by atoms with Crippen LogP contribution in [-0.4, -0.2) is 0 Å². The van der Waals surface area contributed by atoms with Crippen LogP contribution in [0.5, 0.6) is 0 Å². The summed E-state index contributed by atoms with van der Waals surface area (Å²) < 4.78 is 0. The van der Waals surface area contributed by atoms with Crippen molar-refractivity contribution >= 4 is 0 Å². The summed E-state index contributed by atoms with van der Waals surface area (Å²) in [5.41, 5.74) is 5.22. The van der Waals surface area contributed by atoms with Crippen molar-refractivity contribution < 1.29 is 0 Å². The monoisotopic (exact) mass is 229 g/mol. The topological polar surface area (TPSA) is 23.8 Å². The van der Waals surface area contributed by atoms with Gasteiger partial charge in [-0.2, -0.15) is 5.26 Å². The van der Waals surface area contributed by atoms with Crippen molar-refractivity contribution in [1.82, 2.24) is 0 Å². The fourth-order valence-electron chi connectivity index (χ4n) is 2.27. The van der Waals surface area contributed by atoms with Gasteiger partial charge in [0.15, 0.2) is 0 Å². The third-order valence-corrected chi connectivity index (χ3v) is 3.13. The summed E-state index contributed by atoms with van der Waals surface area (Å²) in [6.07, 6.45) is 0. The molecule has 1 aromatic rings. The van der Waals surface area contributed by atoms with Crippen LogP contribution >= 0.6 is 0 Å². The van der Waals surface area contributed by atoms with Crippen molar-refractivity contribution in [1.29, 1.82) is 5.26 Å². The number of nitriles is 1. The van der Waals surface area contributed by atoms with Crippen molar-refractivity contribution in [3.8, 4) is 28.3 Å². The molecule has 3 rings (SSSR count). The molecule has 0 aromatic heterocycles. The molecule has 1 aromatic carbocycles. The standard InChI is InChI=1S/C17H11N/c18-12-14-8-4-5-9-17-15(10-11-16(14)17)13-6-2-1-3-7-13/h1-11H. The van der Waals surface area contributed by atoms with Crippen molar-refractivity contribution in [3.05, 3.63) is 72.3 Å². The van der Waals surface area contributed by atoms with Gasteiger partial charge in [0.25, 0.3) is 0 Å². The van der Waals surface area contributed by atoms with E-state index in [0.717, 1.165) is 16.7 Å². The zero-order chi connectivity index (χ0) is 12.4. The molecular weight excluding hydrogens is 218 g/mol. The van der Waals surface area contributed by atoms with Gasteiger partial charge in [0.1, 0.15) is 0 Å². The van der Waals surface area contributed by atoms with Crippen molar-refractivity contribution in [2.75, 3.05) is 0 Å². The second kappa shape index (κ2) is 4.35. The van der Waals surface area contributed by atoms with Crippen LogP contribution < -0.4 is 0 Å². The lowest BCUT2D eigenvalue weighted by molar-refractivity contribution is 1.50. The molecule has 0 saturated heterocycles. The van der Waals surface area contributed by atoms with Gasteiger partial charge in [0.05, 0.1) is 11.6 Å². The van der Waals surface area contributed by atoms with Gasteiger partial charge in [-0.3, -0.25) is 0 Å². The Labute approximate surface area is 106 Å². The van der Waals surface area contributed by atoms with Crippen molar-refractivity contribution in [2.45, 2.75) is 0 Å². The van der Waals surface area contributed by atoms with Crippen LogP contribution in [0.1, 0.15) is 5.56 Å². The Morgan fingerprint density at radius 3 is 2.06 bits per heavy atom. The molecule has 2 aliphatic carbocycles. The molecule has 0 amide bonds. The molecule has 1 nitrogen and oxygen atoms in total. The fraction of sp³-hybridized carbons (Fsp3) is 0. The molecule has 0 N–H and O–H groups in total. The van der Waals surface area contributed by atoms with E-state index in [2.05, 4.69) is 30.3 Å². The summed E-state index contributed by atoms with van der Waals surface area (Å²) in [6.45, 7) is 0. The zero-order valence-corrected chi connectivity index (χ0v) is 9.80. The molecule has 0 fully saturated rings. The van der Waals surface area contributed by atoms with Crippen LogP contribution in [0.3, 0.4) is 0 Å². The van der Waals surface area contributed by atoms with Crippen LogP contribution in [0.25, 0.3) is 22.3 Å². The predicted octanol–water partition coefficient (Wildman–Crippen LogP) is 4.33. The Morgan fingerprint density at radius 2 is 1.28 bits per heavy atom. The molecule has 1 heteroatoms. The number of fused-ring (bicyclic) bond motifs is 1. The van der Waals surface area contributed by atoms with E-state index in [1.165, 1.54) is 11.1 Å². The van der Waals surface area contributed by atoms with Crippen LogP contribution in [0.2, 0.25) is 0 Å². The van der Waals surface area contributed by atoms with Gasteiger partial charge in [-0.05, 0) is 22.8 Å². The maximum absolute atomic E-state index is 9.18. The average molecular weight is 229 g/mol. The average Bonchev–Trinajstić information content (AvgIpc) is 2.73. The molecule has 18 heavy (non-hydrogen) atoms. The van der Waals surface area contributed by atoms with E-state index >= 15 is 0 Å². The van der Waals surface area contributed by atoms with E-state index < -0.39 is 0 Å². The summed E-state index contributed by atoms with van der Waals surface area (Å²) in [6, 6.07) is 24.4. The molecular formula is C17H11N. The fourth-order valence-corrected chi connectivity index (χ4v) is 2.27. The van der Waals surface area contributed by atoms with Crippen molar-refractivity contribution in [2.24, 2.45) is 0 Å². The lowest BCUT2D eigenvalue weighted by Gasteiger charge is -2.02. The Hall–Kier alpha value is -2.59. The van der Waals surface area contributed by atoms with Gasteiger partial charge < -0.3 is 0 Å². The highest BCUT2D eigenvalue weighted by atomic mass is 14.3. The van der Waals surface area contributed by atoms with Gasteiger partial charge >= 0.3 is 0 Å². The summed E-state index contributed by atoms with van der Waals surface area (Å²) in [7, 11) is 0. The van der Waals surface area contributed by atoms with Crippen LogP contribution in [-0.2, 0) is 0 Å². The Balaban J connectivity index is 2.25. The minimum atomic E-state index is 0.720. The Bertz CT molecular complexity index is 693. The summed E-state index contributed by atoms with van der Waals surface area (Å²) >= 11 is 0. The second-order valence-corrected chi connectivity index (χ2v) is 4.18. The number of hydrogen-bond acceptors (Lipinski definition) is 1. The van der Waals surface area contributed by atoms with E-state index in [-0.39, 0.29) is 0 Å². The van der Waals surface area contributed by atoms with E-state index in [1.807, 2.05) is 42.5 Å². The van der Waals surface area contributed by atoms with Gasteiger partial charge in [0, 0.05) is 5.56 Å². The second-order valence-electron chi connectivity index (χ2n) is 4.18. The minimum absolute atomic E-state index is 0.720. The quantitative estimate of drug-likeness (QED) is 0.609. The molecule has 0 atom stereocenters. The van der Waals surface area contributed by atoms with E-state index in [0.29, 0.717) is 0 Å². The normalized spacial score (nSPS) is 10.2. The molecule has 0 aliphatic heterocycles. The summed E-state index contributed by atoms with van der Waals surface area (Å²) in [5, 5.41) is 9.18. The molecule has 0 unspecified atom stereocenters. The maximum Gasteiger partial charge on any atom is 0.0998 e. The van der Waals surface area contributed by atoms with E-state index in [9.17, 15) is 5.26 Å². The molecule has 0 bridgehead atoms. The lowest BCUT2D eigenvalue weighted by Crippen LogP contribution is -1.78.